The van der Waals surface area contributed by atoms with Crippen molar-refractivity contribution < 1.29 is 4.74 Å². The molecule has 0 aliphatic heterocycles. The van der Waals surface area contributed by atoms with Gasteiger partial charge in [-0.05, 0) is 45.1 Å². The van der Waals surface area contributed by atoms with Gasteiger partial charge in [0.15, 0.2) is 0 Å². The highest BCUT2D eigenvalue weighted by Crippen LogP contribution is 2.35. The molecule has 0 aromatic heterocycles. The highest BCUT2D eigenvalue weighted by molar-refractivity contribution is 4.88. The van der Waals surface area contributed by atoms with Crippen molar-refractivity contribution in [1.82, 2.24) is 5.32 Å². The summed E-state index contributed by atoms with van der Waals surface area (Å²) in [5, 5.41) is 3.29. The van der Waals surface area contributed by atoms with Gasteiger partial charge >= 0.3 is 0 Å². The molecule has 0 atom stereocenters. The SMILES string of the molecule is CCCOC1(CNC)CCC(CC)CC1. The van der Waals surface area contributed by atoms with E-state index in [-0.39, 0.29) is 5.60 Å². The van der Waals surface area contributed by atoms with Crippen LogP contribution in [0.2, 0.25) is 0 Å². The predicted molar refractivity (Wildman–Crippen MR) is 65.1 cm³/mol. The molecule has 0 amide bonds. The van der Waals surface area contributed by atoms with Crippen LogP contribution in [0.5, 0.6) is 0 Å². The lowest BCUT2D eigenvalue weighted by Gasteiger charge is -2.40. The van der Waals surface area contributed by atoms with Gasteiger partial charge in [0.2, 0.25) is 0 Å². The first kappa shape index (κ1) is 13.0. The Morgan fingerprint density at radius 1 is 1.27 bits per heavy atom. The number of likely N-dealkylation sites (N-methyl/N-ethyl adjacent to an activating group) is 1. The Labute approximate surface area is 94.8 Å². The van der Waals surface area contributed by atoms with Crippen LogP contribution in [0.3, 0.4) is 0 Å². The fourth-order valence-corrected chi connectivity index (χ4v) is 2.62. The van der Waals surface area contributed by atoms with Gasteiger partial charge in [-0.2, -0.15) is 0 Å². The van der Waals surface area contributed by atoms with Crippen LogP contribution in [0.4, 0.5) is 0 Å². The quantitative estimate of drug-likeness (QED) is 0.732. The van der Waals surface area contributed by atoms with Crippen molar-refractivity contribution in [3.8, 4) is 0 Å². The Hall–Kier alpha value is -0.0800. The Kier molecular flexibility index (Phi) is 5.62. The van der Waals surface area contributed by atoms with E-state index in [1.54, 1.807) is 0 Å². The van der Waals surface area contributed by atoms with Gasteiger partial charge in [0.25, 0.3) is 0 Å². The van der Waals surface area contributed by atoms with Crippen molar-refractivity contribution in [3.05, 3.63) is 0 Å². The topological polar surface area (TPSA) is 21.3 Å². The summed E-state index contributed by atoms with van der Waals surface area (Å²) in [6, 6.07) is 0. The second-order valence-corrected chi connectivity index (χ2v) is 4.91. The largest absolute Gasteiger partial charge is 0.374 e. The third-order valence-electron chi connectivity index (χ3n) is 3.71. The van der Waals surface area contributed by atoms with Crippen molar-refractivity contribution in [2.24, 2.45) is 5.92 Å². The van der Waals surface area contributed by atoms with E-state index >= 15 is 0 Å². The average Bonchev–Trinajstić information content (AvgIpc) is 2.28. The molecule has 15 heavy (non-hydrogen) atoms. The van der Waals surface area contributed by atoms with E-state index in [1.165, 1.54) is 32.1 Å². The van der Waals surface area contributed by atoms with Crippen LogP contribution >= 0.6 is 0 Å². The van der Waals surface area contributed by atoms with Crippen LogP contribution in [0.1, 0.15) is 52.4 Å². The van der Waals surface area contributed by atoms with Gasteiger partial charge in [0.1, 0.15) is 0 Å². The first-order valence-electron chi connectivity index (χ1n) is 6.55. The number of hydrogen-bond donors (Lipinski definition) is 1. The summed E-state index contributed by atoms with van der Waals surface area (Å²) >= 11 is 0. The number of nitrogens with one attached hydrogen (secondary N) is 1. The Morgan fingerprint density at radius 2 is 1.93 bits per heavy atom. The van der Waals surface area contributed by atoms with E-state index in [9.17, 15) is 0 Å². The van der Waals surface area contributed by atoms with E-state index in [0.29, 0.717) is 0 Å². The molecule has 1 aliphatic carbocycles. The Bertz CT molecular complexity index is 162. The van der Waals surface area contributed by atoms with Crippen molar-refractivity contribution in [1.29, 1.82) is 0 Å². The van der Waals surface area contributed by atoms with Crippen LogP contribution in [-0.2, 0) is 4.74 Å². The molecule has 0 radical (unpaired) electrons. The normalized spacial score (nSPS) is 31.8. The molecule has 0 saturated heterocycles. The zero-order valence-electron chi connectivity index (χ0n) is 10.6. The molecule has 0 bridgehead atoms. The fourth-order valence-electron chi connectivity index (χ4n) is 2.62. The lowest BCUT2D eigenvalue weighted by molar-refractivity contribution is -0.0753. The van der Waals surface area contributed by atoms with E-state index in [4.69, 9.17) is 4.74 Å². The van der Waals surface area contributed by atoms with Gasteiger partial charge in [0, 0.05) is 13.2 Å². The van der Waals surface area contributed by atoms with Crippen molar-refractivity contribution in [2.75, 3.05) is 20.2 Å². The van der Waals surface area contributed by atoms with E-state index < -0.39 is 0 Å². The fraction of sp³-hybridized carbons (Fsp3) is 1.00. The Morgan fingerprint density at radius 3 is 2.40 bits per heavy atom. The molecule has 0 unspecified atom stereocenters. The highest BCUT2D eigenvalue weighted by Gasteiger charge is 2.34. The zero-order valence-corrected chi connectivity index (χ0v) is 10.6. The monoisotopic (exact) mass is 213 g/mol. The minimum atomic E-state index is 0.149. The lowest BCUT2D eigenvalue weighted by atomic mass is 9.77. The van der Waals surface area contributed by atoms with E-state index in [1.807, 2.05) is 7.05 Å². The third-order valence-corrected chi connectivity index (χ3v) is 3.71. The molecule has 2 heteroatoms. The zero-order chi connectivity index (χ0) is 11.1. The molecular formula is C13H27NO. The maximum absolute atomic E-state index is 6.09. The molecular weight excluding hydrogens is 186 g/mol. The number of hydrogen-bond acceptors (Lipinski definition) is 2. The molecule has 0 aromatic rings. The third kappa shape index (κ3) is 3.76. The van der Waals surface area contributed by atoms with E-state index in [2.05, 4.69) is 19.2 Å². The minimum absolute atomic E-state index is 0.149. The molecule has 1 saturated carbocycles. The second-order valence-electron chi connectivity index (χ2n) is 4.91. The summed E-state index contributed by atoms with van der Waals surface area (Å²) in [5.74, 6) is 0.945. The predicted octanol–water partition coefficient (Wildman–Crippen LogP) is 2.97. The summed E-state index contributed by atoms with van der Waals surface area (Å²) in [4.78, 5) is 0. The van der Waals surface area contributed by atoms with Crippen LogP contribution in [-0.4, -0.2) is 25.8 Å². The number of rotatable bonds is 6. The molecule has 90 valence electrons. The maximum atomic E-state index is 6.09. The lowest BCUT2D eigenvalue weighted by Crippen LogP contribution is -2.45. The van der Waals surface area contributed by atoms with Gasteiger partial charge in [-0.3, -0.25) is 0 Å². The van der Waals surface area contributed by atoms with Gasteiger partial charge in [-0.15, -0.1) is 0 Å². The standard InChI is InChI=1S/C13H27NO/c1-4-10-15-13(11-14-3)8-6-12(5-2)7-9-13/h12,14H,4-11H2,1-3H3. The van der Waals surface area contributed by atoms with Crippen LogP contribution in [0.15, 0.2) is 0 Å². The van der Waals surface area contributed by atoms with Crippen molar-refractivity contribution >= 4 is 0 Å². The smallest absolute Gasteiger partial charge is 0.0806 e. The van der Waals surface area contributed by atoms with Gasteiger partial charge in [0.05, 0.1) is 5.60 Å². The number of ether oxygens (including phenoxy) is 1. The highest BCUT2D eigenvalue weighted by atomic mass is 16.5. The first-order chi connectivity index (χ1) is 7.26. The Balaban J connectivity index is 2.44. The van der Waals surface area contributed by atoms with Crippen molar-refractivity contribution in [3.63, 3.8) is 0 Å². The van der Waals surface area contributed by atoms with E-state index in [0.717, 1.165) is 25.5 Å². The molecule has 0 aromatic carbocycles. The summed E-state index contributed by atoms with van der Waals surface area (Å²) in [6.45, 7) is 6.43. The second kappa shape index (κ2) is 6.49. The summed E-state index contributed by atoms with van der Waals surface area (Å²) in [5.41, 5.74) is 0.149. The van der Waals surface area contributed by atoms with Gasteiger partial charge in [-0.1, -0.05) is 20.3 Å². The molecule has 1 rings (SSSR count). The summed E-state index contributed by atoms with van der Waals surface area (Å²) in [6.07, 6.45) is 7.65. The van der Waals surface area contributed by atoms with Crippen LogP contribution in [0.25, 0.3) is 0 Å². The summed E-state index contributed by atoms with van der Waals surface area (Å²) in [7, 11) is 2.03. The van der Waals surface area contributed by atoms with Gasteiger partial charge in [-0.25, -0.2) is 0 Å². The molecule has 2 nitrogen and oxygen atoms in total. The molecule has 1 N–H and O–H groups in total. The van der Waals surface area contributed by atoms with Crippen molar-refractivity contribution in [2.45, 2.75) is 58.0 Å². The minimum Gasteiger partial charge on any atom is -0.374 e. The molecule has 0 spiro atoms. The average molecular weight is 213 g/mol. The van der Waals surface area contributed by atoms with Gasteiger partial charge < -0.3 is 10.1 Å². The van der Waals surface area contributed by atoms with Crippen LogP contribution < -0.4 is 5.32 Å². The summed E-state index contributed by atoms with van der Waals surface area (Å²) < 4.78 is 6.09. The molecule has 0 heterocycles. The maximum Gasteiger partial charge on any atom is 0.0806 e. The molecule has 1 fully saturated rings. The molecule has 1 aliphatic rings. The first-order valence-corrected chi connectivity index (χ1v) is 6.55. The van der Waals surface area contributed by atoms with Crippen LogP contribution in [0, 0.1) is 5.92 Å².